The number of carboxylic acid groups (broad SMARTS) is 1. The average Bonchev–Trinajstić information content (AvgIpc) is 3.06. The molecule has 1 aliphatic rings. The minimum absolute atomic E-state index is 0.0173. The quantitative estimate of drug-likeness (QED) is 0.904. The second-order valence-electron chi connectivity index (χ2n) is 4.81. The normalized spacial score (nSPS) is 18.2. The number of anilines is 1. The van der Waals surface area contributed by atoms with Crippen LogP contribution in [-0.2, 0) is 9.59 Å². The summed E-state index contributed by atoms with van der Waals surface area (Å²) in [5, 5.41) is 20.6. The van der Waals surface area contributed by atoms with E-state index in [2.05, 4.69) is 4.98 Å². The molecule has 108 valence electrons. The Kier molecular flexibility index (Phi) is 3.34. The van der Waals surface area contributed by atoms with Gasteiger partial charge in [0.25, 0.3) is 0 Å². The van der Waals surface area contributed by atoms with Crippen molar-refractivity contribution in [3.8, 4) is 17.0 Å². The number of aromatic nitrogens is 1. The molecule has 1 amide bonds. The maximum absolute atomic E-state index is 11.9. The summed E-state index contributed by atoms with van der Waals surface area (Å²) in [5.41, 5.74) is 1.53. The van der Waals surface area contributed by atoms with Crippen LogP contribution >= 0.6 is 11.3 Å². The molecule has 7 heteroatoms. The lowest BCUT2D eigenvalue weighted by atomic mass is 10.1. The van der Waals surface area contributed by atoms with E-state index in [1.165, 1.54) is 16.2 Å². The van der Waals surface area contributed by atoms with E-state index in [-0.39, 0.29) is 24.6 Å². The fourth-order valence-corrected chi connectivity index (χ4v) is 3.07. The number of rotatable bonds is 3. The van der Waals surface area contributed by atoms with Gasteiger partial charge < -0.3 is 10.2 Å². The zero-order valence-corrected chi connectivity index (χ0v) is 11.7. The van der Waals surface area contributed by atoms with Gasteiger partial charge >= 0.3 is 5.97 Å². The minimum Gasteiger partial charge on any atom is -0.508 e. The van der Waals surface area contributed by atoms with E-state index in [4.69, 9.17) is 5.11 Å². The average molecular weight is 304 g/mol. The van der Waals surface area contributed by atoms with Gasteiger partial charge in [0.1, 0.15) is 5.75 Å². The van der Waals surface area contributed by atoms with Gasteiger partial charge in [-0.1, -0.05) is 0 Å². The molecule has 0 radical (unpaired) electrons. The number of carbonyl (C=O) groups is 2. The van der Waals surface area contributed by atoms with Gasteiger partial charge in [-0.15, -0.1) is 11.3 Å². The molecule has 6 nitrogen and oxygen atoms in total. The van der Waals surface area contributed by atoms with E-state index in [0.717, 1.165) is 5.56 Å². The zero-order chi connectivity index (χ0) is 15.0. The predicted octanol–water partition coefficient (Wildman–Crippen LogP) is 1.95. The van der Waals surface area contributed by atoms with Crippen molar-refractivity contribution in [1.82, 2.24) is 4.98 Å². The Balaban J connectivity index is 1.84. The predicted molar refractivity (Wildman–Crippen MR) is 77.3 cm³/mol. The molecule has 1 unspecified atom stereocenters. The Morgan fingerprint density at radius 1 is 1.33 bits per heavy atom. The molecule has 21 heavy (non-hydrogen) atoms. The van der Waals surface area contributed by atoms with E-state index >= 15 is 0 Å². The van der Waals surface area contributed by atoms with Crippen molar-refractivity contribution in [1.29, 1.82) is 0 Å². The number of phenolic OH excluding ortho intramolecular Hbond substituents is 1. The van der Waals surface area contributed by atoms with Crippen molar-refractivity contribution in [3.05, 3.63) is 29.6 Å². The van der Waals surface area contributed by atoms with E-state index in [0.29, 0.717) is 10.8 Å². The summed E-state index contributed by atoms with van der Waals surface area (Å²) in [6.45, 7) is 0.163. The van der Waals surface area contributed by atoms with Gasteiger partial charge in [-0.25, -0.2) is 4.98 Å². The van der Waals surface area contributed by atoms with Crippen LogP contribution in [-0.4, -0.2) is 33.6 Å². The molecule has 1 aromatic heterocycles. The number of nitrogens with zero attached hydrogens (tertiary/aromatic N) is 2. The first-order valence-electron chi connectivity index (χ1n) is 6.32. The van der Waals surface area contributed by atoms with Crippen LogP contribution in [0.2, 0.25) is 0 Å². The summed E-state index contributed by atoms with van der Waals surface area (Å²) in [4.78, 5) is 28.6. The highest BCUT2D eigenvalue weighted by atomic mass is 32.1. The maximum atomic E-state index is 11.9. The second-order valence-corrected chi connectivity index (χ2v) is 5.64. The third-order valence-electron chi connectivity index (χ3n) is 3.36. The third kappa shape index (κ3) is 2.59. The number of aromatic hydroxyl groups is 1. The highest BCUT2D eigenvalue weighted by Crippen LogP contribution is 2.32. The monoisotopic (exact) mass is 304 g/mol. The van der Waals surface area contributed by atoms with Gasteiger partial charge in [-0.05, 0) is 24.3 Å². The number of aliphatic carboxylic acids is 1. The van der Waals surface area contributed by atoms with E-state index in [9.17, 15) is 14.7 Å². The lowest BCUT2D eigenvalue weighted by Gasteiger charge is -2.11. The number of benzene rings is 1. The molecular formula is C14H12N2O4S. The van der Waals surface area contributed by atoms with Crippen molar-refractivity contribution in [2.24, 2.45) is 5.92 Å². The van der Waals surface area contributed by atoms with E-state index in [1.54, 1.807) is 24.3 Å². The number of thiazole rings is 1. The number of amides is 1. The molecular weight excluding hydrogens is 292 g/mol. The molecule has 2 heterocycles. The van der Waals surface area contributed by atoms with Crippen molar-refractivity contribution < 1.29 is 19.8 Å². The molecule has 1 atom stereocenters. The fourth-order valence-electron chi connectivity index (χ4n) is 2.21. The Morgan fingerprint density at radius 3 is 2.67 bits per heavy atom. The van der Waals surface area contributed by atoms with Crippen molar-refractivity contribution in [2.75, 3.05) is 11.4 Å². The minimum atomic E-state index is -0.957. The summed E-state index contributed by atoms with van der Waals surface area (Å²) in [6.07, 6.45) is 0.0173. The molecule has 0 aliphatic carbocycles. The Morgan fingerprint density at radius 2 is 2.05 bits per heavy atom. The van der Waals surface area contributed by atoms with Crippen molar-refractivity contribution in [2.45, 2.75) is 6.42 Å². The fraction of sp³-hybridized carbons (Fsp3) is 0.214. The first-order chi connectivity index (χ1) is 10.0. The summed E-state index contributed by atoms with van der Waals surface area (Å²) in [7, 11) is 0. The highest BCUT2D eigenvalue weighted by molar-refractivity contribution is 7.14. The summed E-state index contributed by atoms with van der Waals surface area (Å²) >= 11 is 1.30. The van der Waals surface area contributed by atoms with Gasteiger partial charge in [0.15, 0.2) is 5.13 Å². The molecule has 1 fully saturated rings. The SMILES string of the molecule is O=C(O)C1CC(=O)N(c2nc(-c3ccc(O)cc3)cs2)C1. The molecule has 0 bridgehead atoms. The van der Waals surface area contributed by atoms with Crippen LogP contribution in [0.25, 0.3) is 11.3 Å². The molecule has 1 saturated heterocycles. The highest BCUT2D eigenvalue weighted by Gasteiger charge is 2.36. The third-order valence-corrected chi connectivity index (χ3v) is 4.22. The lowest BCUT2D eigenvalue weighted by molar-refractivity contribution is -0.141. The summed E-state index contributed by atoms with van der Waals surface area (Å²) in [6, 6.07) is 6.60. The number of hydrogen-bond donors (Lipinski definition) is 2. The van der Waals surface area contributed by atoms with Gasteiger partial charge in [-0.2, -0.15) is 0 Å². The van der Waals surface area contributed by atoms with Gasteiger partial charge in [-0.3, -0.25) is 14.5 Å². The molecule has 2 aromatic rings. The van der Waals surface area contributed by atoms with Crippen molar-refractivity contribution >= 4 is 28.3 Å². The number of carbonyl (C=O) groups excluding carboxylic acids is 1. The van der Waals surface area contributed by atoms with Crippen LogP contribution in [0, 0.1) is 5.92 Å². The lowest BCUT2D eigenvalue weighted by Crippen LogP contribution is -2.25. The van der Waals surface area contributed by atoms with Crippen LogP contribution in [0.4, 0.5) is 5.13 Å². The molecule has 1 aromatic carbocycles. The molecule has 0 spiro atoms. The summed E-state index contributed by atoms with van der Waals surface area (Å²) < 4.78 is 0. The molecule has 2 N–H and O–H groups in total. The first-order valence-corrected chi connectivity index (χ1v) is 7.20. The van der Waals surface area contributed by atoms with Crippen LogP contribution in [0.15, 0.2) is 29.6 Å². The van der Waals surface area contributed by atoms with Gasteiger partial charge in [0.2, 0.25) is 5.91 Å². The maximum Gasteiger partial charge on any atom is 0.308 e. The Bertz CT molecular complexity index is 695. The van der Waals surface area contributed by atoms with Crippen LogP contribution < -0.4 is 4.90 Å². The van der Waals surface area contributed by atoms with Gasteiger partial charge in [0, 0.05) is 23.9 Å². The second kappa shape index (κ2) is 5.17. The molecule has 3 rings (SSSR count). The standard InChI is InChI=1S/C14H12N2O4S/c17-10-3-1-8(2-4-10)11-7-21-14(15-11)16-6-9(13(19)20)5-12(16)18/h1-4,7,9,17H,5-6H2,(H,19,20). The Hall–Kier alpha value is -2.41. The smallest absolute Gasteiger partial charge is 0.308 e. The van der Waals surface area contributed by atoms with Crippen LogP contribution in [0.3, 0.4) is 0 Å². The number of carboxylic acids is 1. The molecule has 0 saturated carbocycles. The van der Waals surface area contributed by atoms with Crippen LogP contribution in [0.1, 0.15) is 6.42 Å². The Labute approximate surface area is 124 Å². The topological polar surface area (TPSA) is 90.7 Å². The largest absolute Gasteiger partial charge is 0.508 e. The first kappa shape index (κ1) is 13.6. The summed E-state index contributed by atoms with van der Waals surface area (Å²) in [5.74, 6) is -1.66. The van der Waals surface area contributed by atoms with E-state index in [1.807, 2.05) is 5.38 Å². The zero-order valence-electron chi connectivity index (χ0n) is 10.9. The van der Waals surface area contributed by atoms with Crippen molar-refractivity contribution in [3.63, 3.8) is 0 Å². The van der Waals surface area contributed by atoms with E-state index < -0.39 is 11.9 Å². The molecule has 1 aliphatic heterocycles. The van der Waals surface area contributed by atoms with Crippen LogP contribution in [0.5, 0.6) is 5.75 Å². The van der Waals surface area contributed by atoms with Gasteiger partial charge in [0.05, 0.1) is 11.6 Å². The number of hydrogen-bond acceptors (Lipinski definition) is 5. The number of phenols is 1.